The van der Waals surface area contributed by atoms with Crippen LogP contribution in [0.25, 0.3) is 0 Å². The van der Waals surface area contributed by atoms with E-state index < -0.39 is 11.9 Å². The number of esters is 1. The number of rotatable bonds is 8. The van der Waals surface area contributed by atoms with Crippen LogP contribution in [0.5, 0.6) is 0 Å². The zero-order chi connectivity index (χ0) is 15.5. The maximum Gasteiger partial charge on any atom is 0.307 e. The number of hydrogen-bond donors (Lipinski definition) is 1. The lowest BCUT2D eigenvalue weighted by atomic mass is 10.4. The van der Waals surface area contributed by atoms with Crippen molar-refractivity contribution in [3.63, 3.8) is 0 Å². The molecule has 112 valence electrons. The summed E-state index contributed by atoms with van der Waals surface area (Å²) in [6.07, 6.45) is 0.377. The molecule has 0 radical (unpaired) electrons. The second-order valence-corrected chi connectivity index (χ2v) is 5.14. The van der Waals surface area contributed by atoms with E-state index in [1.807, 2.05) is 6.07 Å². The number of thioether (sulfide) groups is 1. The van der Waals surface area contributed by atoms with Crippen LogP contribution in [0.4, 0.5) is 4.39 Å². The molecule has 1 N–H and O–H groups in total. The summed E-state index contributed by atoms with van der Waals surface area (Å²) in [4.78, 5) is 23.5. The van der Waals surface area contributed by atoms with Crippen LogP contribution < -0.4 is 5.32 Å². The first kappa shape index (κ1) is 17.0. The van der Waals surface area contributed by atoms with Crippen LogP contribution in [-0.2, 0) is 14.3 Å². The van der Waals surface area contributed by atoms with Gasteiger partial charge < -0.3 is 10.1 Å². The van der Waals surface area contributed by atoms with Crippen LogP contribution >= 0.6 is 11.8 Å². The van der Waals surface area contributed by atoms with Gasteiger partial charge >= 0.3 is 5.97 Å². The van der Waals surface area contributed by atoms with Crippen LogP contribution in [0, 0.1) is 17.1 Å². The molecule has 0 aliphatic rings. The number of nitriles is 1. The number of carbonyl (C=O) groups is 2. The highest BCUT2D eigenvalue weighted by molar-refractivity contribution is 7.99. The van der Waals surface area contributed by atoms with Gasteiger partial charge in [-0.3, -0.25) is 9.59 Å². The summed E-state index contributed by atoms with van der Waals surface area (Å²) in [6.45, 7) is -0.0984. The van der Waals surface area contributed by atoms with Crippen molar-refractivity contribution >= 4 is 23.6 Å². The molecule has 0 bridgehead atoms. The monoisotopic (exact) mass is 310 g/mol. The Balaban J connectivity index is 2.12. The van der Waals surface area contributed by atoms with Crippen molar-refractivity contribution in [2.75, 3.05) is 18.9 Å². The van der Waals surface area contributed by atoms with Crippen LogP contribution in [0.2, 0.25) is 0 Å². The minimum atomic E-state index is -0.472. The molecule has 1 aromatic rings. The third-order valence-corrected chi connectivity index (χ3v) is 3.33. The van der Waals surface area contributed by atoms with E-state index in [1.165, 1.54) is 23.9 Å². The van der Waals surface area contributed by atoms with Crippen molar-refractivity contribution < 1.29 is 18.7 Å². The van der Waals surface area contributed by atoms with E-state index in [4.69, 9.17) is 10.00 Å². The zero-order valence-electron chi connectivity index (χ0n) is 11.3. The molecule has 0 aliphatic heterocycles. The predicted octanol–water partition coefficient (Wildman–Crippen LogP) is 1.88. The number of carbonyl (C=O) groups excluding carboxylic acids is 2. The fraction of sp³-hybridized carbons (Fsp3) is 0.357. The summed E-state index contributed by atoms with van der Waals surface area (Å²) in [5.41, 5.74) is 0. The van der Waals surface area contributed by atoms with E-state index in [2.05, 4.69) is 5.32 Å². The fourth-order valence-corrected chi connectivity index (χ4v) is 2.14. The predicted molar refractivity (Wildman–Crippen MR) is 75.9 cm³/mol. The molecule has 0 fully saturated rings. The van der Waals surface area contributed by atoms with Crippen molar-refractivity contribution in [1.29, 1.82) is 5.26 Å². The largest absolute Gasteiger partial charge is 0.456 e. The average Bonchev–Trinajstić information content (AvgIpc) is 2.47. The van der Waals surface area contributed by atoms with Gasteiger partial charge in [0.1, 0.15) is 5.82 Å². The van der Waals surface area contributed by atoms with Gasteiger partial charge in [-0.05, 0) is 24.3 Å². The van der Waals surface area contributed by atoms with E-state index in [9.17, 15) is 14.0 Å². The molecule has 0 spiro atoms. The van der Waals surface area contributed by atoms with E-state index in [-0.39, 0.29) is 31.8 Å². The molecule has 0 heterocycles. The number of halogens is 1. The van der Waals surface area contributed by atoms with Crippen molar-refractivity contribution in [2.24, 2.45) is 0 Å². The lowest BCUT2D eigenvalue weighted by Gasteiger charge is -2.05. The summed E-state index contributed by atoms with van der Waals surface area (Å²) in [5, 5.41) is 10.7. The molecule has 0 aromatic heterocycles. The molecular formula is C14H15FN2O3S. The number of nitrogens with zero attached hydrogens (tertiary/aromatic N) is 1. The molecule has 5 nitrogen and oxygen atoms in total. The molecule has 1 rings (SSSR count). The summed E-state index contributed by atoms with van der Waals surface area (Å²) >= 11 is 1.40. The number of hydrogen-bond acceptors (Lipinski definition) is 5. The minimum Gasteiger partial charge on any atom is -0.456 e. The Bertz CT molecular complexity index is 514. The van der Waals surface area contributed by atoms with Gasteiger partial charge in [-0.1, -0.05) is 0 Å². The molecule has 7 heteroatoms. The number of amides is 1. The SMILES string of the molecule is N#CCCNC(=O)COC(=O)CCSc1ccc(F)cc1. The maximum atomic E-state index is 12.7. The number of benzene rings is 1. The standard InChI is InChI=1S/C14H15FN2O3S/c15-11-2-4-12(5-3-11)21-9-6-14(19)20-10-13(18)17-8-1-7-16/h2-5H,1,6,8-10H2,(H,17,18). The summed E-state index contributed by atoms with van der Waals surface area (Å²) in [6, 6.07) is 7.86. The van der Waals surface area contributed by atoms with Gasteiger partial charge in [-0.15, -0.1) is 11.8 Å². The third-order valence-electron chi connectivity index (χ3n) is 2.31. The van der Waals surface area contributed by atoms with Crippen LogP contribution in [0.1, 0.15) is 12.8 Å². The first-order valence-electron chi connectivity index (χ1n) is 6.29. The van der Waals surface area contributed by atoms with Crippen molar-refractivity contribution in [2.45, 2.75) is 17.7 Å². The normalized spacial score (nSPS) is 9.71. The smallest absolute Gasteiger partial charge is 0.307 e. The second kappa shape index (κ2) is 9.77. The van der Waals surface area contributed by atoms with Gasteiger partial charge in [0.2, 0.25) is 0 Å². The van der Waals surface area contributed by atoms with E-state index >= 15 is 0 Å². The van der Waals surface area contributed by atoms with Crippen LogP contribution in [0.15, 0.2) is 29.2 Å². The summed E-state index contributed by atoms with van der Waals surface area (Å²) in [5.74, 6) is -0.716. The molecule has 1 aromatic carbocycles. The Labute approximate surface area is 126 Å². The van der Waals surface area contributed by atoms with E-state index in [1.54, 1.807) is 12.1 Å². The molecule has 1 amide bonds. The van der Waals surface area contributed by atoms with Crippen LogP contribution in [-0.4, -0.2) is 30.8 Å². The van der Waals surface area contributed by atoms with Gasteiger partial charge in [0.15, 0.2) is 6.61 Å². The lowest BCUT2D eigenvalue weighted by molar-refractivity contribution is -0.148. The topological polar surface area (TPSA) is 79.2 Å². The van der Waals surface area contributed by atoms with E-state index in [0.717, 1.165) is 4.90 Å². The fourth-order valence-electron chi connectivity index (χ4n) is 1.31. The molecule has 0 atom stereocenters. The highest BCUT2D eigenvalue weighted by Gasteiger charge is 2.07. The first-order valence-corrected chi connectivity index (χ1v) is 7.28. The summed E-state index contributed by atoms with van der Waals surface area (Å²) in [7, 11) is 0. The van der Waals surface area contributed by atoms with Gasteiger partial charge in [-0.25, -0.2) is 4.39 Å². The van der Waals surface area contributed by atoms with Gasteiger partial charge in [0.05, 0.1) is 18.9 Å². The number of nitrogens with one attached hydrogen (secondary N) is 1. The Kier molecular flexibility index (Phi) is 7.90. The first-order chi connectivity index (χ1) is 10.1. The molecule has 21 heavy (non-hydrogen) atoms. The number of ether oxygens (including phenoxy) is 1. The molecule has 0 saturated carbocycles. The molecule has 0 aliphatic carbocycles. The minimum absolute atomic E-state index is 0.160. The van der Waals surface area contributed by atoms with Crippen molar-refractivity contribution in [3.05, 3.63) is 30.1 Å². The van der Waals surface area contributed by atoms with Gasteiger partial charge in [0, 0.05) is 17.2 Å². The third kappa shape index (κ3) is 7.95. The molecule has 0 saturated heterocycles. The second-order valence-electron chi connectivity index (χ2n) is 3.97. The Morgan fingerprint density at radius 2 is 2.05 bits per heavy atom. The molecular weight excluding hydrogens is 295 g/mol. The van der Waals surface area contributed by atoms with Crippen molar-refractivity contribution in [1.82, 2.24) is 5.32 Å². The van der Waals surface area contributed by atoms with Crippen molar-refractivity contribution in [3.8, 4) is 6.07 Å². The summed E-state index contributed by atoms with van der Waals surface area (Å²) < 4.78 is 17.5. The average molecular weight is 310 g/mol. The van der Waals surface area contributed by atoms with Crippen LogP contribution in [0.3, 0.4) is 0 Å². The highest BCUT2D eigenvalue weighted by atomic mass is 32.2. The maximum absolute atomic E-state index is 12.7. The zero-order valence-corrected chi connectivity index (χ0v) is 12.1. The Morgan fingerprint density at radius 1 is 1.33 bits per heavy atom. The Morgan fingerprint density at radius 3 is 2.71 bits per heavy atom. The molecule has 0 unspecified atom stereocenters. The quantitative estimate of drug-likeness (QED) is 0.450. The van der Waals surface area contributed by atoms with Gasteiger partial charge in [0.25, 0.3) is 5.91 Å². The van der Waals surface area contributed by atoms with E-state index in [0.29, 0.717) is 5.75 Å². The Hall–Kier alpha value is -2.07. The highest BCUT2D eigenvalue weighted by Crippen LogP contribution is 2.18. The van der Waals surface area contributed by atoms with Gasteiger partial charge in [-0.2, -0.15) is 5.26 Å². The lowest BCUT2D eigenvalue weighted by Crippen LogP contribution is -2.29.